The van der Waals surface area contributed by atoms with Gasteiger partial charge in [-0.2, -0.15) is 0 Å². The zero-order valence-corrected chi connectivity index (χ0v) is 21.0. The first-order valence-electron chi connectivity index (χ1n) is 12.5. The summed E-state index contributed by atoms with van der Waals surface area (Å²) in [7, 11) is 0. The van der Waals surface area contributed by atoms with Crippen LogP contribution < -0.4 is 19.5 Å². The summed E-state index contributed by atoms with van der Waals surface area (Å²) in [6.07, 6.45) is 5.17. The SMILES string of the molecule is CCOc1ccc(C2(CNC(=O)c3ccc(OCc4cccnc4)c(OCC)c3)CCOCC2)cc1. The molecule has 1 aliphatic heterocycles. The van der Waals surface area contributed by atoms with Crippen molar-refractivity contribution in [1.82, 2.24) is 10.3 Å². The van der Waals surface area contributed by atoms with E-state index in [1.807, 2.05) is 38.1 Å². The van der Waals surface area contributed by atoms with Gasteiger partial charge in [0.15, 0.2) is 11.5 Å². The Morgan fingerprint density at radius 1 is 0.972 bits per heavy atom. The molecule has 3 aromatic rings. The normalized spacial score (nSPS) is 14.6. The van der Waals surface area contributed by atoms with Crippen molar-refractivity contribution in [1.29, 1.82) is 0 Å². The molecule has 2 heterocycles. The summed E-state index contributed by atoms with van der Waals surface area (Å²) in [5, 5.41) is 3.16. The average molecular weight is 491 g/mol. The second-order valence-electron chi connectivity index (χ2n) is 8.78. The van der Waals surface area contributed by atoms with E-state index in [0.29, 0.717) is 56.6 Å². The molecule has 1 N–H and O–H groups in total. The van der Waals surface area contributed by atoms with Crippen LogP contribution in [0.15, 0.2) is 67.0 Å². The monoisotopic (exact) mass is 490 g/mol. The molecule has 1 aliphatic rings. The van der Waals surface area contributed by atoms with Crippen molar-refractivity contribution in [2.75, 3.05) is 33.0 Å². The molecule has 1 saturated heterocycles. The molecule has 0 bridgehead atoms. The van der Waals surface area contributed by atoms with Crippen LogP contribution in [0.5, 0.6) is 17.2 Å². The molecule has 0 unspecified atom stereocenters. The zero-order valence-electron chi connectivity index (χ0n) is 21.0. The number of benzene rings is 2. The van der Waals surface area contributed by atoms with E-state index in [1.54, 1.807) is 30.6 Å². The van der Waals surface area contributed by atoms with Crippen molar-refractivity contribution in [3.63, 3.8) is 0 Å². The molecule has 7 heteroatoms. The Hall–Kier alpha value is -3.58. The van der Waals surface area contributed by atoms with Crippen molar-refractivity contribution >= 4 is 5.91 Å². The summed E-state index contributed by atoms with van der Waals surface area (Å²) in [4.78, 5) is 17.3. The lowest BCUT2D eigenvalue weighted by atomic mass is 9.74. The maximum atomic E-state index is 13.2. The number of aromatic nitrogens is 1. The quantitative estimate of drug-likeness (QED) is 0.410. The van der Waals surface area contributed by atoms with Gasteiger partial charge in [-0.1, -0.05) is 18.2 Å². The van der Waals surface area contributed by atoms with Gasteiger partial charge in [0.05, 0.1) is 13.2 Å². The Bertz CT molecular complexity index is 1110. The van der Waals surface area contributed by atoms with Crippen LogP contribution in [0.2, 0.25) is 0 Å². The molecular weight excluding hydrogens is 456 g/mol. The van der Waals surface area contributed by atoms with Crippen molar-refractivity contribution in [2.24, 2.45) is 0 Å². The van der Waals surface area contributed by atoms with Gasteiger partial charge in [-0.25, -0.2) is 0 Å². The first kappa shape index (κ1) is 25.5. The summed E-state index contributed by atoms with van der Waals surface area (Å²) < 4.78 is 23.0. The predicted molar refractivity (Wildman–Crippen MR) is 138 cm³/mol. The van der Waals surface area contributed by atoms with Crippen LogP contribution in [-0.4, -0.2) is 43.9 Å². The molecule has 1 aromatic heterocycles. The lowest BCUT2D eigenvalue weighted by Gasteiger charge is -2.38. The highest BCUT2D eigenvalue weighted by Crippen LogP contribution is 2.35. The number of carbonyl (C=O) groups excluding carboxylic acids is 1. The number of nitrogens with zero attached hydrogens (tertiary/aromatic N) is 1. The minimum absolute atomic E-state index is 0.147. The highest BCUT2D eigenvalue weighted by molar-refractivity contribution is 5.95. The third kappa shape index (κ3) is 6.34. The van der Waals surface area contributed by atoms with E-state index in [-0.39, 0.29) is 11.3 Å². The fraction of sp³-hybridized carbons (Fsp3) is 0.379. The number of hydrogen-bond donors (Lipinski definition) is 1. The third-order valence-electron chi connectivity index (χ3n) is 6.44. The minimum atomic E-state index is -0.186. The fourth-order valence-electron chi connectivity index (χ4n) is 4.43. The zero-order chi connectivity index (χ0) is 25.2. The molecule has 36 heavy (non-hydrogen) atoms. The van der Waals surface area contributed by atoms with Gasteiger partial charge in [-0.3, -0.25) is 9.78 Å². The van der Waals surface area contributed by atoms with Crippen LogP contribution in [0.1, 0.15) is 48.2 Å². The van der Waals surface area contributed by atoms with E-state index in [2.05, 4.69) is 22.4 Å². The predicted octanol–water partition coefficient (Wildman–Crippen LogP) is 4.94. The Labute approximate surface area is 212 Å². The first-order valence-corrected chi connectivity index (χ1v) is 12.5. The summed E-state index contributed by atoms with van der Waals surface area (Å²) in [5.41, 5.74) is 2.48. The van der Waals surface area contributed by atoms with Crippen LogP contribution in [0.3, 0.4) is 0 Å². The van der Waals surface area contributed by atoms with Gasteiger partial charge in [-0.05, 0) is 68.7 Å². The molecule has 0 radical (unpaired) electrons. The van der Waals surface area contributed by atoms with Gasteiger partial charge >= 0.3 is 0 Å². The first-order chi connectivity index (χ1) is 17.6. The molecule has 1 fully saturated rings. The number of pyridine rings is 1. The maximum absolute atomic E-state index is 13.2. The summed E-state index contributed by atoms with van der Waals surface area (Å²) >= 11 is 0. The number of carbonyl (C=O) groups is 1. The highest BCUT2D eigenvalue weighted by Gasteiger charge is 2.35. The third-order valence-corrected chi connectivity index (χ3v) is 6.44. The molecule has 4 rings (SSSR count). The number of rotatable bonds is 11. The molecule has 190 valence electrons. The lowest BCUT2D eigenvalue weighted by Crippen LogP contribution is -2.44. The Balaban J connectivity index is 1.46. The smallest absolute Gasteiger partial charge is 0.251 e. The van der Waals surface area contributed by atoms with Crippen molar-refractivity contribution in [2.45, 2.75) is 38.7 Å². The van der Waals surface area contributed by atoms with Crippen LogP contribution in [-0.2, 0) is 16.8 Å². The summed E-state index contributed by atoms with van der Waals surface area (Å²) in [6, 6.07) is 17.3. The maximum Gasteiger partial charge on any atom is 0.251 e. The number of hydrogen-bond acceptors (Lipinski definition) is 6. The lowest BCUT2D eigenvalue weighted by molar-refractivity contribution is 0.0487. The number of nitrogens with one attached hydrogen (secondary N) is 1. The van der Waals surface area contributed by atoms with E-state index < -0.39 is 0 Å². The van der Waals surface area contributed by atoms with Gasteiger partial charge in [0.2, 0.25) is 0 Å². The van der Waals surface area contributed by atoms with Crippen LogP contribution >= 0.6 is 0 Å². The molecular formula is C29H34N2O5. The molecule has 2 aromatic carbocycles. The molecule has 7 nitrogen and oxygen atoms in total. The van der Waals surface area contributed by atoms with Crippen LogP contribution in [0.25, 0.3) is 0 Å². The molecule has 0 spiro atoms. The molecule has 0 saturated carbocycles. The van der Waals surface area contributed by atoms with E-state index >= 15 is 0 Å². The second-order valence-corrected chi connectivity index (χ2v) is 8.78. The van der Waals surface area contributed by atoms with Gasteiger partial charge in [-0.15, -0.1) is 0 Å². The molecule has 0 atom stereocenters. The van der Waals surface area contributed by atoms with Gasteiger partial charge in [0, 0.05) is 48.7 Å². The average Bonchev–Trinajstić information content (AvgIpc) is 2.93. The van der Waals surface area contributed by atoms with Crippen molar-refractivity contribution < 1.29 is 23.7 Å². The van der Waals surface area contributed by atoms with E-state index in [0.717, 1.165) is 24.2 Å². The number of ether oxygens (including phenoxy) is 4. The largest absolute Gasteiger partial charge is 0.494 e. The van der Waals surface area contributed by atoms with Crippen LogP contribution in [0, 0.1) is 0 Å². The van der Waals surface area contributed by atoms with E-state index in [9.17, 15) is 4.79 Å². The second kappa shape index (κ2) is 12.4. The summed E-state index contributed by atoms with van der Waals surface area (Å²) in [6.45, 7) is 7.20. The Morgan fingerprint density at radius 2 is 1.75 bits per heavy atom. The van der Waals surface area contributed by atoms with E-state index in [4.69, 9.17) is 18.9 Å². The Morgan fingerprint density at radius 3 is 2.44 bits per heavy atom. The highest BCUT2D eigenvalue weighted by atomic mass is 16.5. The summed E-state index contributed by atoms with van der Waals surface area (Å²) in [5.74, 6) is 1.84. The van der Waals surface area contributed by atoms with E-state index in [1.165, 1.54) is 5.56 Å². The molecule has 0 aliphatic carbocycles. The van der Waals surface area contributed by atoms with Crippen molar-refractivity contribution in [3.05, 3.63) is 83.7 Å². The standard InChI is InChI=1S/C29H34N2O5/c1-3-34-25-10-8-24(9-11-25)29(13-16-33-17-14-29)21-31-28(32)23-7-12-26(27(18-23)35-4-2)36-20-22-6-5-15-30-19-22/h5-12,15,18-19H,3-4,13-14,16-17,20-21H2,1-2H3,(H,31,32). The fourth-order valence-corrected chi connectivity index (χ4v) is 4.43. The van der Waals surface area contributed by atoms with Crippen molar-refractivity contribution in [3.8, 4) is 17.2 Å². The van der Waals surface area contributed by atoms with Gasteiger partial charge in [0.1, 0.15) is 12.4 Å². The number of amides is 1. The minimum Gasteiger partial charge on any atom is -0.494 e. The topological polar surface area (TPSA) is 78.9 Å². The van der Waals surface area contributed by atoms with Gasteiger partial charge in [0.25, 0.3) is 5.91 Å². The van der Waals surface area contributed by atoms with Crippen LogP contribution in [0.4, 0.5) is 0 Å². The molecule has 1 amide bonds. The Kier molecular flexibility index (Phi) is 8.79. The van der Waals surface area contributed by atoms with Gasteiger partial charge < -0.3 is 24.3 Å².